The van der Waals surface area contributed by atoms with Crippen molar-refractivity contribution in [1.29, 1.82) is 0 Å². The Labute approximate surface area is 293 Å². The zero-order valence-electron chi connectivity index (χ0n) is 28.5. The molecule has 270 valence electrons. The fourth-order valence-electron chi connectivity index (χ4n) is 5.98. The minimum atomic E-state index is -4.72. The average molecular weight is 707 g/mol. The quantitative estimate of drug-likeness (QED) is 0.199. The van der Waals surface area contributed by atoms with E-state index < -0.39 is 23.9 Å². The monoisotopic (exact) mass is 706 g/mol. The number of nitrogens with one attached hydrogen (secondary N) is 2. The number of ether oxygens (including phenoxy) is 1. The number of anilines is 1. The third-order valence-corrected chi connectivity index (χ3v) is 8.81. The van der Waals surface area contributed by atoms with Gasteiger partial charge in [-0.3, -0.25) is 24.2 Å². The second-order valence-electron chi connectivity index (χ2n) is 12.3. The maximum absolute atomic E-state index is 13.0. The van der Waals surface area contributed by atoms with Crippen LogP contribution in [-0.4, -0.2) is 94.0 Å². The minimum absolute atomic E-state index is 0.170. The van der Waals surface area contributed by atoms with Gasteiger partial charge in [-0.15, -0.1) is 13.2 Å². The number of aromatic nitrogens is 4. The fourth-order valence-corrected chi connectivity index (χ4v) is 5.98. The first-order valence-corrected chi connectivity index (χ1v) is 16.5. The van der Waals surface area contributed by atoms with Crippen LogP contribution >= 0.6 is 0 Å². The Kier molecular flexibility index (Phi) is 11.8. The Morgan fingerprint density at radius 3 is 2.31 bits per heavy atom. The van der Waals surface area contributed by atoms with Crippen LogP contribution in [0.2, 0.25) is 0 Å². The van der Waals surface area contributed by atoms with Gasteiger partial charge in [0.15, 0.2) is 0 Å². The highest BCUT2D eigenvalue weighted by Gasteiger charge is 2.50. The number of hydrogen-bond donors (Lipinski definition) is 2. The second-order valence-corrected chi connectivity index (χ2v) is 12.3. The van der Waals surface area contributed by atoms with Crippen molar-refractivity contribution in [2.45, 2.75) is 44.2 Å². The van der Waals surface area contributed by atoms with Crippen molar-refractivity contribution in [3.8, 4) is 5.69 Å². The van der Waals surface area contributed by atoms with Gasteiger partial charge >= 0.3 is 6.30 Å². The van der Waals surface area contributed by atoms with E-state index in [1.165, 1.54) is 16.9 Å². The van der Waals surface area contributed by atoms with Crippen LogP contribution in [0.1, 0.15) is 35.0 Å². The van der Waals surface area contributed by atoms with Crippen LogP contribution in [0.3, 0.4) is 0 Å². The molecule has 15 heteroatoms. The third-order valence-electron chi connectivity index (χ3n) is 8.81. The lowest BCUT2D eigenvalue weighted by Gasteiger charge is -2.57. The van der Waals surface area contributed by atoms with Gasteiger partial charge in [0, 0.05) is 44.4 Å². The number of carbonyl (C=O) groups is 3. The van der Waals surface area contributed by atoms with Crippen LogP contribution in [0.5, 0.6) is 0 Å². The first kappa shape index (κ1) is 37.1. The Hall–Kier alpha value is -5.12. The van der Waals surface area contributed by atoms with E-state index in [2.05, 4.69) is 44.4 Å². The summed E-state index contributed by atoms with van der Waals surface area (Å²) in [5.41, 5.74) is 3.39. The zero-order chi connectivity index (χ0) is 36.6. The fraction of sp³-hybridized carbons (Fsp3) is 0.361. The maximum atomic E-state index is 13.0. The SMILES string of the molecule is C=C(C=O)CN1CCC12COC2.CCN1C(=O)C(NC(=O)c2ccn(C(F)(F)F)n2)Cc2cnn(-c3ccccc3)c21.CNCc1ccccc1. The van der Waals surface area contributed by atoms with Gasteiger partial charge in [-0.2, -0.15) is 14.9 Å². The number of amides is 2. The highest BCUT2D eigenvalue weighted by molar-refractivity contribution is 6.03. The highest BCUT2D eigenvalue weighted by Crippen LogP contribution is 2.37. The van der Waals surface area contributed by atoms with E-state index >= 15 is 0 Å². The van der Waals surface area contributed by atoms with E-state index in [0.717, 1.165) is 49.9 Å². The molecule has 2 amide bonds. The summed E-state index contributed by atoms with van der Waals surface area (Å²) in [4.78, 5) is 39.5. The van der Waals surface area contributed by atoms with Gasteiger partial charge in [-0.1, -0.05) is 55.1 Å². The molecule has 0 bridgehead atoms. The Morgan fingerprint density at radius 1 is 1.10 bits per heavy atom. The molecular formula is C36H41F3N8O4. The molecule has 1 atom stereocenters. The summed E-state index contributed by atoms with van der Waals surface area (Å²) in [7, 11) is 1.95. The molecule has 1 unspecified atom stereocenters. The minimum Gasteiger partial charge on any atom is -0.377 e. The van der Waals surface area contributed by atoms with Gasteiger partial charge < -0.3 is 15.4 Å². The zero-order valence-corrected chi connectivity index (χ0v) is 28.5. The second kappa shape index (κ2) is 16.3. The van der Waals surface area contributed by atoms with Gasteiger partial charge in [0.2, 0.25) is 0 Å². The number of carbonyl (C=O) groups excluding carboxylic acids is 3. The molecule has 3 aliphatic heterocycles. The Balaban J connectivity index is 0.000000194. The number of fused-ring (bicyclic) bond motifs is 1. The number of aldehydes is 1. The van der Waals surface area contributed by atoms with Crippen LogP contribution in [0.25, 0.3) is 5.69 Å². The van der Waals surface area contributed by atoms with Crippen LogP contribution in [0.15, 0.2) is 91.3 Å². The standard InChI is InChI=1S/C19H17F3N6O2.C9H13NO2.C8H11N/c1-2-26-17-12(11-23-28(17)13-6-4-3-5-7-13)10-15(18(26)30)24-16(29)14-8-9-27(25-14)19(20,21)22;1-8(5-11)4-10-3-2-9(10)6-12-7-9;1-9-7-8-5-3-2-4-6-8/h3-9,11,15H,2,10H2,1H3,(H,24,29);5H,1-4,6-7H2;2-6,9H,7H2,1H3. The van der Waals surface area contributed by atoms with Crippen molar-refractivity contribution < 1.29 is 32.3 Å². The van der Waals surface area contributed by atoms with E-state index in [-0.39, 0.29) is 22.5 Å². The smallest absolute Gasteiger partial charge is 0.377 e. The number of alkyl halides is 3. The lowest BCUT2D eigenvalue weighted by Crippen LogP contribution is -2.70. The molecule has 2 aromatic heterocycles. The highest BCUT2D eigenvalue weighted by atomic mass is 19.4. The molecule has 0 aliphatic carbocycles. The van der Waals surface area contributed by atoms with Crippen molar-refractivity contribution in [1.82, 2.24) is 35.1 Å². The summed E-state index contributed by atoms with van der Waals surface area (Å²) in [6.45, 7) is 10.2. The first-order chi connectivity index (χ1) is 24.5. The molecule has 2 aromatic carbocycles. The lowest BCUT2D eigenvalue weighted by atomic mass is 9.82. The van der Waals surface area contributed by atoms with Crippen molar-refractivity contribution in [2.24, 2.45) is 0 Å². The molecule has 1 spiro atoms. The van der Waals surface area contributed by atoms with E-state index in [1.54, 1.807) is 17.8 Å². The number of halogens is 3. The average Bonchev–Trinajstić information content (AvgIpc) is 3.77. The predicted octanol–water partition coefficient (Wildman–Crippen LogP) is 3.87. The van der Waals surface area contributed by atoms with Crippen molar-refractivity contribution in [3.63, 3.8) is 0 Å². The summed E-state index contributed by atoms with van der Waals surface area (Å²) in [5.74, 6) is -0.613. The van der Waals surface area contributed by atoms with E-state index in [0.29, 0.717) is 30.7 Å². The Morgan fingerprint density at radius 2 is 1.78 bits per heavy atom. The summed E-state index contributed by atoms with van der Waals surface area (Å²) >= 11 is 0. The van der Waals surface area contributed by atoms with Gasteiger partial charge in [0.25, 0.3) is 11.8 Å². The number of para-hydroxylation sites is 1. The lowest BCUT2D eigenvalue weighted by molar-refractivity contribution is -0.212. The molecule has 0 saturated carbocycles. The first-order valence-electron chi connectivity index (χ1n) is 16.5. The van der Waals surface area contributed by atoms with Crippen LogP contribution in [0, 0.1) is 0 Å². The number of hydrogen-bond acceptors (Lipinski definition) is 8. The number of rotatable bonds is 9. The number of likely N-dealkylation sites (tertiary alicyclic amines) is 1. The molecule has 5 heterocycles. The van der Waals surface area contributed by atoms with E-state index in [9.17, 15) is 27.6 Å². The summed E-state index contributed by atoms with van der Waals surface area (Å²) in [5, 5.41) is 13.2. The van der Waals surface area contributed by atoms with Crippen molar-refractivity contribution in [2.75, 3.05) is 44.8 Å². The largest absolute Gasteiger partial charge is 0.504 e. The molecule has 2 saturated heterocycles. The third kappa shape index (κ3) is 8.61. The summed E-state index contributed by atoms with van der Waals surface area (Å²) < 4.78 is 44.6. The van der Waals surface area contributed by atoms with Gasteiger partial charge in [0.05, 0.1) is 30.6 Å². The molecular weight excluding hydrogens is 665 g/mol. The Bertz CT molecular complexity index is 1800. The van der Waals surface area contributed by atoms with E-state index in [1.807, 2.05) is 55.6 Å². The van der Waals surface area contributed by atoms with Gasteiger partial charge in [0.1, 0.15) is 23.8 Å². The van der Waals surface area contributed by atoms with Crippen LogP contribution in [0.4, 0.5) is 19.0 Å². The van der Waals surface area contributed by atoms with Crippen molar-refractivity contribution >= 4 is 23.9 Å². The number of nitrogens with zero attached hydrogens (tertiary/aromatic N) is 6. The van der Waals surface area contributed by atoms with Crippen LogP contribution in [-0.2, 0) is 33.6 Å². The molecule has 2 N–H and O–H groups in total. The summed E-state index contributed by atoms with van der Waals surface area (Å²) in [6, 6.07) is 19.6. The molecule has 12 nitrogen and oxygen atoms in total. The molecule has 4 aromatic rings. The molecule has 2 fully saturated rings. The summed E-state index contributed by atoms with van der Waals surface area (Å²) in [6.07, 6.45) is -0.236. The number of benzene rings is 2. The molecule has 0 radical (unpaired) electrons. The van der Waals surface area contributed by atoms with Gasteiger partial charge in [-0.05, 0) is 49.7 Å². The normalized spacial score (nSPS) is 17.5. The van der Waals surface area contributed by atoms with E-state index in [4.69, 9.17) is 4.74 Å². The maximum Gasteiger partial charge on any atom is 0.504 e. The predicted molar refractivity (Wildman–Crippen MR) is 184 cm³/mol. The number of likely N-dealkylation sites (N-methyl/N-ethyl adjacent to an activating group) is 1. The molecule has 7 rings (SSSR count). The van der Waals surface area contributed by atoms with Gasteiger partial charge in [-0.25, -0.2) is 4.68 Å². The molecule has 3 aliphatic rings. The topological polar surface area (TPSA) is 127 Å². The van der Waals surface area contributed by atoms with Crippen LogP contribution < -0.4 is 15.5 Å². The van der Waals surface area contributed by atoms with Crippen molar-refractivity contribution in [3.05, 3.63) is 108 Å². The molecule has 51 heavy (non-hydrogen) atoms.